The molecule has 2 aliphatic rings. The summed E-state index contributed by atoms with van der Waals surface area (Å²) in [6, 6.07) is 9.35. The zero-order chi connectivity index (χ0) is 16.9. The van der Waals surface area contributed by atoms with E-state index in [2.05, 4.69) is 0 Å². The smallest absolute Gasteiger partial charge is 0.260 e. The van der Waals surface area contributed by atoms with Crippen LogP contribution in [0.1, 0.15) is 13.3 Å². The lowest BCUT2D eigenvalue weighted by atomic mass is 9.93. The van der Waals surface area contributed by atoms with Gasteiger partial charge in [0.1, 0.15) is 5.75 Å². The maximum absolute atomic E-state index is 12.4. The Balaban J connectivity index is 1.52. The summed E-state index contributed by atoms with van der Waals surface area (Å²) in [6.07, 6.45) is 0.856. The Hall–Kier alpha value is -2.08. The van der Waals surface area contributed by atoms with Crippen molar-refractivity contribution in [2.75, 3.05) is 39.4 Å². The van der Waals surface area contributed by atoms with Crippen molar-refractivity contribution < 1.29 is 19.1 Å². The Labute approximate surface area is 142 Å². The first-order chi connectivity index (χ1) is 11.6. The van der Waals surface area contributed by atoms with Gasteiger partial charge in [-0.25, -0.2) is 0 Å². The number of benzene rings is 1. The lowest BCUT2D eigenvalue weighted by Gasteiger charge is -2.37. The number of fused-ring (bicyclic) bond motifs is 1. The van der Waals surface area contributed by atoms with Gasteiger partial charge in [-0.2, -0.15) is 0 Å². The third-order valence-corrected chi connectivity index (χ3v) is 4.75. The average molecular weight is 332 g/mol. The van der Waals surface area contributed by atoms with Gasteiger partial charge in [0, 0.05) is 39.0 Å². The van der Waals surface area contributed by atoms with Gasteiger partial charge in [0.25, 0.3) is 5.91 Å². The van der Waals surface area contributed by atoms with Crippen LogP contribution in [-0.2, 0) is 14.3 Å². The summed E-state index contributed by atoms with van der Waals surface area (Å²) in [7, 11) is 0. The Bertz CT molecular complexity index is 578. The molecule has 2 aliphatic heterocycles. The van der Waals surface area contributed by atoms with Crippen LogP contribution in [0.2, 0.25) is 0 Å². The van der Waals surface area contributed by atoms with Crippen molar-refractivity contribution in [2.24, 2.45) is 5.92 Å². The highest BCUT2D eigenvalue weighted by atomic mass is 16.5. The van der Waals surface area contributed by atoms with Crippen LogP contribution in [0.25, 0.3) is 0 Å². The molecule has 6 heteroatoms. The summed E-state index contributed by atoms with van der Waals surface area (Å²) < 4.78 is 11.4. The van der Waals surface area contributed by atoms with Crippen LogP contribution in [0.4, 0.5) is 0 Å². The number of carbonyl (C=O) groups is 2. The van der Waals surface area contributed by atoms with E-state index in [1.165, 1.54) is 0 Å². The number of rotatable bonds is 3. The number of amides is 2. The van der Waals surface area contributed by atoms with E-state index < -0.39 is 0 Å². The van der Waals surface area contributed by atoms with Gasteiger partial charge in [0.15, 0.2) is 6.61 Å². The van der Waals surface area contributed by atoms with Gasteiger partial charge in [-0.1, -0.05) is 18.2 Å². The minimum atomic E-state index is -0.0198. The highest BCUT2D eigenvalue weighted by Gasteiger charge is 2.35. The lowest BCUT2D eigenvalue weighted by molar-refractivity contribution is -0.139. The van der Waals surface area contributed by atoms with Crippen molar-refractivity contribution in [3.63, 3.8) is 0 Å². The van der Waals surface area contributed by atoms with Gasteiger partial charge in [0.05, 0.1) is 12.7 Å². The molecule has 0 aliphatic carbocycles. The van der Waals surface area contributed by atoms with E-state index in [9.17, 15) is 9.59 Å². The number of hydrogen-bond donors (Lipinski definition) is 0. The maximum atomic E-state index is 12.4. The first-order valence-electron chi connectivity index (χ1n) is 8.46. The molecule has 3 rings (SSSR count). The van der Waals surface area contributed by atoms with Gasteiger partial charge in [0.2, 0.25) is 5.91 Å². The quantitative estimate of drug-likeness (QED) is 0.833. The molecule has 0 saturated carbocycles. The molecule has 0 unspecified atom stereocenters. The molecule has 0 radical (unpaired) electrons. The second kappa shape index (κ2) is 7.66. The fourth-order valence-electron chi connectivity index (χ4n) is 3.32. The van der Waals surface area contributed by atoms with E-state index in [-0.39, 0.29) is 24.5 Å². The normalized spacial score (nSPS) is 24.0. The predicted molar refractivity (Wildman–Crippen MR) is 88.6 cm³/mol. The summed E-state index contributed by atoms with van der Waals surface area (Å²) in [4.78, 5) is 27.7. The van der Waals surface area contributed by atoms with Crippen LogP contribution in [-0.4, -0.2) is 67.1 Å². The molecule has 1 aromatic carbocycles. The minimum absolute atomic E-state index is 0.00350. The van der Waals surface area contributed by atoms with Crippen molar-refractivity contribution in [1.82, 2.24) is 9.80 Å². The van der Waals surface area contributed by atoms with E-state index in [4.69, 9.17) is 9.47 Å². The zero-order valence-electron chi connectivity index (χ0n) is 14.0. The Morgan fingerprint density at radius 3 is 2.71 bits per heavy atom. The molecule has 2 fully saturated rings. The lowest BCUT2D eigenvalue weighted by Crippen LogP contribution is -2.50. The fourth-order valence-corrected chi connectivity index (χ4v) is 3.32. The third kappa shape index (κ3) is 4.06. The van der Waals surface area contributed by atoms with Crippen molar-refractivity contribution in [1.29, 1.82) is 0 Å². The van der Waals surface area contributed by atoms with Crippen LogP contribution in [0.5, 0.6) is 5.75 Å². The standard InChI is InChI=1S/C18H24N2O4/c1-14(21)19-9-10-23-17-12-20(8-7-15(17)11-19)18(22)13-24-16-5-3-2-4-6-16/h2-6,15,17H,7-13H2,1H3/t15-,17-/m1/s1. The summed E-state index contributed by atoms with van der Waals surface area (Å²) in [5, 5.41) is 0. The molecular formula is C18H24N2O4. The molecule has 2 saturated heterocycles. The molecule has 0 spiro atoms. The highest BCUT2D eigenvalue weighted by Crippen LogP contribution is 2.24. The van der Waals surface area contributed by atoms with Crippen molar-refractivity contribution in [3.8, 4) is 5.75 Å². The Kier molecular flexibility index (Phi) is 5.35. The van der Waals surface area contributed by atoms with Gasteiger partial charge < -0.3 is 19.3 Å². The third-order valence-electron chi connectivity index (χ3n) is 4.75. The molecule has 6 nitrogen and oxygen atoms in total. The number of para-hydroxylation sites is 1. The molecule has 130 valence electrons. The molecule has 2 atom stereocenters. The topological polar surface area (TPSA) is 59.1 Å². The first-order valence-corrected chi connectivity index (χ1v) is 8.46. The van der Waals surface area contributed by atoms with Gasteiger partial charge in [-0.15, -0.1) is 0 Å². The molecule has 2 heterocycles. The molecule has 0 aromatic heterocycles. The molecule has 2 amide bonds. The van der Waals surface area contributed by atoms with E-state index >= 15 is 0 Å². The predicted octanol–water partition coefficient (Wildman–Crippen LogP) is 1.16. The average Bonchev–Trinajstić information content (AvgIpc) is 2.82. The summed E-state index contributed by atoms with van der Waals surface area (Å²) in [5.41, 5.74) is 0. The van der Waals surface area contributed by atoms with Gasteiger partial charge >= 0.3 is 0 Å². The Morgan fingerprint density at radius 1 is 1.17 bits per heavy atom. The van der Waals surface area contributed by atoms with Crippen molar-refractivity contribution in [2.45, 2.75) is 19.4 Å². The number of carbonyl (C=O) groups excluding carboxylic acids is 2. The molecular weight excluding hydrogens is 308 g/mol. The van der Waals surface area contributed by atoms with Crippen LogP contribution in [0.3, 0.4) is 0 Å². The fraction of sp³-hybridized carbons (Fsp3) is 0.556. The number of likely N-dealkylation sites (tertiary alicyclic amines) is 1. The van der Waals surface area contributed by atoms with Crippen molar-refractivity contribution in [3.05, 3.63) is 30.3 Å². The monoisotopic (exact) mass is 332 g/mol. The summed E-state index contributed by atoms with van der Waals surface area (Å²) >= 11 is 0. The largest absolute Gasteiger partial charge is 0.484 e. The molecule has 0 N–H and O–H groups in total. The van der Waals surface area contributed by atoms with E-state index in [1.807, 2.05) is 40.1 Å². The summed E-state index contributed by atoms with van der Waals surface area (Å²) in [5.74, 6) is 1.07. The number of piperidine rings is 1. The zero-order valence-corrected chi connectivity index (χ0v) is 14.0. The van der Waals surface area contributed by atoms with E-state index in [1.54, 1.807) is 6.92 Å². The molecule has 0 bridgehead atoms. The number of nitrogens with zero attached hydrogens (tertiary/aromatic N) is 2. The van der Waals surface area contributed by atoms with Gasteiger partial charge in [-0.3, -0.25) is 9.59 Å². The van der Waals surface area contributed by atoms with Crippen LogP contribution in [0, 0.1) is 5.92 Å². The minimum Gasteiger partial charge on any atom is -0.484 e. The Morgan fingerprint density at radius 2 is 1.96 bits per heavy atom. The van der Waals surface area contributed by atoms with Crippen LogP contribution in [0.15, 0.2) is 30.3 Å². The maximum Gasteiger partial charge on any atom is 0.260 e. The second-order valence-electron chi connectivity index (χ2n) is 6.36. The number of hydrogen-bond acceptors (Lipinski definition) is 4. The van der Waals surface area contributed by atoms with Crippen LogP contribution < -0.4 is 4.74 Å². The first kappa shape index (κ1) is 16.8. The summed E-state index contributed by atoms with van der Waals surface area (Å²) in [6.45, 7) is 4.79. The highest BCUT2D eigenvalue weighted by molar-refractivity contribution is 5.78. The van der Waals surface area contributed by atoms with Gasteiger partial charge in [-0.05, 0) is 18.6 Å². The van der Waals surface area contributed by atoms with Crippen molar-refractivity contribution >= 4 is 11.8 Å². The van der Waals surface area contributed by atoms with Crippen LogP contribution >= 0.6 is 0 Å². The second-order valence-corrected chi connectivity index (χ2v) is 6.36. The van der Waals surface area contributed by atoms with E-state index in [0.29, 0.717) is 37.9 Å². The molecule has 24 heavy (non-hydrogen) atoms. The van der Waals surface area contributed by atoms with E-state index in [0.717, 1.165) is 13.0 Å². The number of ether oxygens (including phenoxy) is 2. The SMILES string of the molecule is CC(=O)N1CCO[C@@H]2CN(C(=O)COc3ccccc3)CC[C@@H]2C1. The molecule has 1 aromatic rings.